The zero-order valence-corrected chi connectivity index (χ0v) is 8.74. The monoisotopic (exact) mass is 190 g/mol. The fraction of sp³-hybridized carbons (Fsp3) is 0.857. The van der Waals surface area contributed by atoms with Crippen LogP contribution in [0.2, 0.25) is 0 Å². The maximum Gasteiger partial charge on any atom is 0.205 e. The van der Waals surface area contributed by atoms with Crippen molar-refractivity contribution < 1.29 is 0 Å². The molecule has 1 atom stereocenters. The van der Waals surface area contributed by atoms with E-state index in [-0.39, 0.29) is 0 Å². The highest BCUT2D eigenvalue weighted by Gasteiger charge is 1.98. The molecule has 0 radical (unpaired) electrons. The van der Waals surface area contributed by atoms with Crippen LogP contribution in [0, 0.1) is 0 Å². The average Bonchev–Trinajstić information content (AvgIpc) is 2.11. The molecule has 0 aliphatic carbocycles. The van der Waals surface area contributed by atoms with Crippen molar-refractivity contribution in [2.75, 3.05) is 19.3 Å². The predicted molar refractivity (Wildman–Crippen MR) is 56.3 cm³/mol. The fourth-order valence-corrected chi connectivity index (χ4v) is 0.838. The number of rotatable bonds is 4. The largest absolute Gasteiger partial charge is 0.356 e. The van der Waals surface area contributed by atoms with Crippen molar-refractivity contribution >= 4 is 17.7 Å². The molecule has 12 heavy (non-hydrogen) atoms. The third kappa shape index (κ3) is 5.26. The molecule has 0 aliphatic heterocycles. The SMILES string of the molecule is CCNC(=NCC(C)SC)NN. The van der Waals surface area contributed by atoms with Gasteiger partial charge in [-0.25, -0.2) is 5.84 Å². The molecule has 0 saturated heterocycles. The highest BCUT2D eigenvalue weighted by Crippen LogP contribution is 2.04. The van der Waals surface area contributed by atoms with Crippen LogP contribution in [0.4, 0.5) is 0 Å². The van der Waals surface area contributed by atoms with E-state index in [2.05, 4.69) is 28.9 Å². The van der Waals surface area contributed by atoms with Crippen molar-refractivity contribution in [1.82, 2.24) is 10.7 Å². The zero-order valence-electron chi connectivity index (χ0n) is 7.92. The van der Waals surface area contributed by atoms with Gasteiger partial charge in [-0.2, -0.15) is 11.8 Å². The molecular formula is C7H18N4S. The Bertz CT molecular complexity index is 137. The van der Waals surface area contributed by atoms with Crippen LogP contribution in [0.5, 0.6) is 0 Å². The molecule has 0 fully saturated rings. The number of hydrogen-bond donors (Lipinski definition) is 3. The summed E-state index contributed by atoms with van der Waals surface area (Å²) in [5, 5.41) is 3.55. The van der Waals surface area contributed by atoms with Crippen molar-refractivity contribution in [3.63, 3.8) is 0 Å². The number of aliphatic imine (C=N–C) groups is 1. The number of nitrogens with zero attached hydrogens (tertiary/aromatic N) is 1. The van der Waals surface area contributed by atoms with E-state index in [1.54, 1.807) is 11.8 Å². The summed E-state index contributed by atoms with van der Waals surface area (Å²) in [4.78, 5) is 4.25. The smallest absolute Gasteiger partial charge is 0.205 e. The number of hydrazine groups is 1. The summed E-state index contributed by atoms with van der Waals surface area (Å²) in [6.07, 6.45) is 2.07. The minimum absolute atomic E-state index is 0.534. The quantitative estimate of drug-likeness (QED) is 0.256. The first-order valence-corrected chi connectivity index (χ1v) is 5.31. The molecule has 4 nitrogen and oxygen atoms in total. The van der Waals surface area contributed by atoms with E-state index < -0.39 is 0 Å². The van der Waals surface area contributed by atoms with E-state index in [4.69, 9.17) is 5.84 Å². The van der Waals surface area contributed by atoms with Crippen LogP contribution in [0.1, 0.15) is 13.8 Å². The van der Waals surface area contributed by atoms with E-state index in [1.165, 1.54) is 0 Å². The zero-order chi connectivity index (χ0) is 9.40. The van der Waals surface area contributed by atoms with Crippen LogP contribution >= 0.6 is 11.8 Å². The third-order valence-electron chi connectivity index (χ3n) is 1.39. The highest BCUT2D eigenvalue weighted by molar-refractivity contribution is 7.99. The summed E-state index contributed by atoms with van der Waals surface area (Å²) in [5.41, 5.74) is 2.51. The normalized spacial score (nSPS) is 14.2. The number of nitrogens with one attached hydrogen (secondary N) is 2. The Labute approximate surface area is 78.4 Å². The Balaban J connectivity index is 3.76. The van der Waals surface area contributed by atoms with Crippen molar-refractivity contribution in [3.05, 3.63) is 0 Å². The fourth-order valence-electron chi connectivity index (χ4n) is 0.614. The molecule has 0 aromatic heterocycles. The molecule has 0 bridgehead atoms. The molecule has 0 amide bonds. The van der Waals surface area contributed by atoms with Gasteiger partial charge in [0.15, 0.2) is 0 Å². The van der Waals surface area contributed by atoms with E-state index in [1.807, 2.05) is 6.92 Å². The molecule has 0 spiro atoms. The van der Waals surface area contributed by atoms with Gasteiger partial charge in [-0.1, -0.05) is 6.92 Å². The van der Waals surface area contributed by atoms with Gasteiger partial charge in [0.05, 0.1) is 6.54 Å². The summed E-state index contributed by atoms with van der Waals surface area (Å²) in [5.74, 6) is 5.90. The minimum atomic E-state index is 0.534. The van der Waals surface area contributed by atoms with Crippen molar-refractivity contribution in [1.29, 1.82) is 0 Å². The lowest BCUT2D eigenvalue weighted by atomic mass is 10.5. The number of hydrogen-bond acceptors (Lipinski definition) is 3. The maximum absolute atomic E-state index is 5.24. The molecule has 0 heterocycles. The molecule has 5 heteroatoms. The standard InChI is InChI=1S/C7H18N4S/c1-4-9-7(11-8)10-5-6(2)12-3/h6H,4-5,8H2,1-3H3,(H2,9,10,11). The molecular weight excluding hydrogens is 172 g/mol. The first-order chi connectivity index (χ1) is 5.74. The van der Waals surface area contributed by atoms with Crippen LogP contribution in [0.15, 0.2) is 4.99 Å². The van der Waals surface area contributed by atoms with Gasteiger partial charge in [0.2, 0.25) is 5.96 Å². The number of guanidine groups is 1. The van der Waals surface area contributed by atoms with Crippen molar-refractivity contribution in [3.8, 4) is 0 Å². The van der Waals surface area contributed by atoms with Crippen LogP contribution < -0.4 is 16.6 Å². The number of nitrogens with two attached hydrogens (primary N) is 1. The molecule has 0 saturated carbocycles. The van der Waals surface area contributed by atoms with E-state index in [9.17, 15) is 0 Å². The molecule has 72 valence electrons. The minimum Gasteiger partial charge on any atom is -0.356 e. The third-order valence-corrected chi connectivity index (χ3v) is 2.34. The van der Waals surface area contributed by atoms with Gasteiger partial charge in [0, 0.05) is 11.8 Å². The molecule has 0 aliphatic rings. The summed E-state index contributed by atoms with van der Waals surface area (Å²) in [7, 11) is 0. The maximum atomic E-state index is 5.24. The van der Waals surface area contributed by atoms with Crippen LogP contribution in [0.3, 0.4) is 0 Å². The van der Waals surface area contributed by atoms with Gasteiger partial charge in [0.25, 0.3) is 0 Å². The first-order valence-electron chi connectivity index (χ1n) is 4.02. The number of thioether (sulfide) groups is 1. The lowest BCUT2D eigenvalue weighted by molar-refractivity contribution is 0.842. The van der Waals surface area contributed by atoms with Gasteiger partial charge in [-0.3, -0.25) is 10.4 Å². The molecule has 4 N–H and O–H groups in total. The Morgan fingerprint density at radius 2 is 2.33 bits per heavy atom. The second kappa shape index (κ2) is 7.24. The summed E-state index contributed by atoms with van der Waals surface area (Å²) < 4.78 is 0. The molecule has 0 aromatic rings. The van der Waals surface area contributed by atoms with Gasteiger partial charge in [-0.15, -0.1) is 0 Å². The summed E-state index contributed by atoms with van der Waals surface area (Å²) in [6, 6.07) is 0. The lowest BCUT2D eigenvalue weighted by Gasteiger charge is -2.08. The molecule has 0 aromatic carbocycles. The van der Waals surface area contributed by atoms with E-state index in [0.717, 1.165) is 13.1 Å². The summed E-state index contributed by atoms with van der Waals surface area (Å²) >= 11 is 1.79. The Morgan fingerprint density at radius 3 is 2.75 bits per heavy atom. The van der Waals surface area contributed by atoms with Crippen molar-refractivity contribution in [2.24, 2.45) is 10.8 Å². The summed E-state index contributed by atoms with van der Waals surface area (Å²) in [6.45, 7) is 5.75. The Kier molecular flexibility index (Phi) is 6.99. The lowest BCUT2D eigenvalue weighted by Crippen LogP contribution is -2.41. The highest BCUT2D eigenvalue weighted by atomic mass is 32.2. The molecule has 1 unspecified atom stereocenters. The average molecular weight is 190 g/mol. The van der Waals surface area contributed by atoms with Crippen molar-refractivity contribution in [2.45, 2.75) is 19.1 Å². The van der Waals surface area contributed by atoms with Crippen LogP contribution in [-0.2, 0) is 0 Å². The van der Waals surface area contributed by atoms with Gasteiger partial charge < -0.3 is 5.32 Å². The Hall–Kier alpha value is -0.420. The van der Waals surface area contributed by atoms with Gasteiger partial charge in [0.1, 0.15) is 0 Å². The second-order valence-corrected chi connectivity index (χ2v) is 3.69. The Morgan fingerprint density at radius 1 is 1.67 bits per heavy atom. The van der Waals surface area contributed by atoms with Gasteiger partial charge in [-0.05, 0) is 13.2 Å². The second-order valence-electron chi connectivity index (χ2n) is 2.41. The molecule has 0 rings (SSSR count). The van der Waals surface area contributed by atoms with Crippen LogP contribution in [0.25, 0.3) is 0 Å². The van der Waals surface area contributed by atoms with Gasteiger partial charge >= 0.3 is 0 Å². The van der Waals surface area contributed by atoms with Crippen LogP contribution in [-0.4, -0.2) is 30.6 Å². The predicted octanol–water partition coefficient (Wildman–Crippen LogP) is 0.167. The topological polar surface area (TPSA) is 62.4 Å². The van der Waals surface area contributed by atoms with E-state index in [0.29, 0.717) is 11.2 Å². The van der Waals surface area contributed by atoms with E-state index >= 15 is 0 Å². The first kappa shape index (κ1) is 11.6.